The lowest BCUT2D eigenvalue weighted by Crippen LogP contribution is -2.30. The van der Waals surface area contributed by atoms with Crippen LogP contribution in [-0.4, -0.2) is 33.8 Å². The molecule has 0 aromatic heterocycles. The van der Waals surface area contributed by atoms with Crippen molar-refractivity contribution in [2.45, 2.75) is 40.0 Å². The highest BCUT2D eigenvalue weighted by molar-refractivity contribution is 7.89. The molecule has 0 unspecified atom stereocenters. The molecule has 0 aliphatic heterocycles. The van der Waals surface area contributed by atoms with E-state index in [-0.39, 0.29) is 5.75 Å². The molecule has 0 radical (unpaired) electrons. The Bertz CT molecular complexity index is 251. The van der Waals surface area contributed by atoms with Crippen molar-refractivity contribution in [3.05, 3.63) is 0 Å². The zero-order valence-electron chi connectivity index (χ0n) is 10.8. The normalized spacial score (nSPS) is 12.2. The van der Waals surface area contributed by atoms with Gasteiger partial charge in [0.1, 0.15) is 0 Å². The van der Waals surface area contributed by atoms with Crippen LogP contribution < -0.4 is 10.0 Å². The Morgan fingerprint density at radius 3 is 2.38 bits per heavy atom. The molecular weight excluding hydrogens is 224 g/mol. The number of unbranched alkanes of at least 4 members (excludes halogenated alkanes) is 1. The molecule has 0 bridgehead atoms. The van der Waals surface area contributed by atoms with Gasteiger partial charge in [-0.25, -0.2) is 13.1 Å². The molecule has 2 N–H and O–H groups in total. The van der Waals surface area contributed by atoms with Crippen molar-refractivity contribution in [1.29, 1.82) is 0 Å². The van der Waals surface area contributed by atoms with Crippen molar-refractivity contribution in [2.24, 2.45) is 5.92 Å². The van der Waals surface area contributed by atoms with Gasteiger partial charge in [0, 0.05) is 6.54 Å². The second-order valence-electron chi connectivity index (χ2n) is 4.52. The van der Waals surface area contributed by atoms with Crippen molar-refractivity contribution in [1.82, 2.24) is 10.0 Å². The quantitative estimate of drug-likeness (QED) is 0.575. The first-order valence-electron chi connectivity index (χ1n) is 6.16. The van der Waals surface area contributed by atoms with Crippen LogP contribution in [0.2, 0.25) is 0 Å². The van der Waals surface area contributed by atoms with E-state index in [1.807, 2.05) is 13.8 Å². The molecular formula is C11H26N2O2S. The summed E-state index contributed by atoms with van der Waals surface area (Å²) in [5, 5.41) is 3.26. The SMILES string of the molecule is CCCNCCCCS(=O)(=O)NCC(C)C. The van der Waals surface area contributed by atoms with Crippen LogP contribution in [0, 0.1) is 5.92 Å². The van der Waals surface area contributed by atoms with Gasteiger partial charge < -0.3 is 5.32 Å². The molecule has 0 spiro atoms. The van der Waals surface area contributed by atoms with E-state index in [9.17, 15) is 8.42 Å². The van der Waals surface area contributed by atoms with Gasteiger partial charge in [-0.15, -0.1) is 0 Å². The lowest BCUT2D eigenvalue weighted by molar-refractivity contribution is 0.554. The third-order valence-electron chi connectivity index (χ3n) is 2.15. The summed E-state index contributed by atoms with van der Waals surface area (Å²) in [5.41, 5.74) is 0. The first kappa shape index (κ1) is 15.9. The van der Waals surface area contributed by atoms with Gasteiger partial charge in [0.25, 0.3) is 0 Å². The molecule has 0 heterocycles. The molecule has 0 rings (SSSR count). The van der Waals surface area contributed by atoms with E-state index in [1.54, 1.807) is 0 Å². The van der Waals surface area contributed by atoms with Gasteiger partial charge in [-0.2, -0.15) is 0 Å². The van der Waals surface area contributed by atoms with E-state index in [2.05, 4.69) is 17.0 Å². The van der Waals surface area contributed by atoms with Crippen molar-refractivity contribution >= 4 is 10.0 Å². The maximum Gasteiger partial charge on any atom is 0.211 e. The van der Waals surface area contributed by atoms with Crippen LogP contribution in [0.15, 0.2) is 0 Å². The number of sulfonamides is 1. The van der Waals surface area contributed by atoms with Crippen LogP contribution >= 0.6 is 0 Å². The Morgan fingerprint density at radius 2 is 1.81 bits per heavy atom. The maximum atomic E-state index is 11.5. The Hall–Kier alpha value is -0.130. The molecule has 0 saturated heterocycles. The molecule has 0 aliphatic rings. The summed E-state index contributed by atoms with van der Waals surface area (Å²) in [4.78, 5) is 0. The largest absolute Gasteiger partial charge is 0.317 e. The van der Waals surface area contributed by atoms with E-state index in [4.69, 9.17) is 0 Å². The molecule has 0 aromatic carbocycles. The fraction of sp³-hybridized carbons (Fsp3) is 1.00. The highest BCUT2D eigenvalue weighted by Crippen LogP contribution is 1.96. The molecule has 0 aromatic rings. The van der Waals surface area contributed by atoms with Gasteiger partial charge in [0.15, 0.2) is 0 Å². The standard InChI is InChI=1S/C11H26N2O2S/c1-4-7-12-8-5-6-9-16(14,15)13-10-11(2)3/h11-13H,4-10H2,1-3H3. The second-order valence-corrected chi connectivity index (χ2v) is 6.44. The number of hydrogen-bond acceptors (Lipinski definition) is 3. The molecule has 0 aliphatic carbocycles. The highest BCUT2D eigenvalue weighted by atomic mass is 32.2. The van der Waals surface area contributed by atoms with Gasteiger partial charge in [0.2, 0.25) is 10.0 Å². The molecule has 5 heteroatoms. The predicted molar refractivity (Wildman–Crippen MR) is 69.0 cm³/mol. The summed E-state index contributed by atoms with van der Waals surface area (Å²) < 4.78 is 25.6. The Kier molecular flexibility index (Phi) is 8.89. The summed E-state index contributed by atoms with van der Waals surface area (Å²) in [7, 11) is -3.05. The van der Waals surface area contributed by atoms with Gasteiger partial charge in [-0.1, -0.05) is 20.8 Å². The average molecular weight is 250 g/mol. The van der Waals surface area contributed by atoms with E-state index in [1.165, 1.54) is 0 Å². The minimum atomic E-state index is -3.05. The molecule has 4 nitrogen and oxygen atoms in total. The monoisotopic (exact) mass is 250 g/mol. The number of nitrogens with one attached hydrogen (secondary N) is 2. The van der Waals surface area contributed by atoms with Crippen LogP contribution in [-0.2, 0) is 10.0 Å². The highest BCUT2D eigenvalue weighted by Gasteiger charge is 2.09. The van der Waals surface area contributed by atoms with Crippen molar-refractivity contribution in [3.8, 4) is 0 Å². The topological polar surface area (TPSA) is 58.2 Å². The molecule has 0 saturated carbocycles. The van der Waals surface area contributed by atoms with E-state index < -0.39 is 10.0 Å². The Balaban J connectivity index is 3.51. The number of hydrogen-bond donors (Lipinski definition) is 2. The Morgan fingerprint density at radius 1 is 1.12 bits per heavy atom. The Labute approximate surface area is 100 Å². The lowest BCUT2D eigenvalue weighted by atomic mass is 10.2. The molecule has 0 fully saturated rings. The zero-order valence-corrected chi connectivity index (χ0v) is 11.6. The minimum absolute atomic E-state index is 0.244. The first-order valence-corrected chi connectivity index (χ1v) is 7.81. The first-order chi connectivity index (χ1) is 7.48. The fourth-order valence-corrected chi connectivity index (χ4v) is 2.53. The predicted octanol–water partition coefficient (Wildman–Crippen LogP) is 1.34. The van der Waals surface area contributed by atoms with Crippen molar-refractivity contribution in [2.75, 3.05) is 25.4 Å². The second kappa shape index (κ2) is 8.96. The molecule has 0 atom stereocenters. The molecule has 98 valence electrons. The third kappa shape index (κ3) is 10.4. The lowest BCUT2D eigenvalue weighted by Gasteiger charge is -2.08. The molecule has 16 heavy (non-hydrogen) atoms. The smallest absolute Gasteiger partial charge is 0.211 e. The summed E-state index contributed by atoms with van der Waals surface area (Å²) in [5.74, 6) is 0.606. The summed E-state index contributed by atoms with van der Waals surface area (Å²) in [6.07, 6.45) is 2.76. The van der Waals surface area contributed by atoms with Gasteiger partial charge >= 0.3 is 0 Å². The number of rotatable bonds is 10. The molecule has 0 amide bonds. The van der Waals surface area contributed by atoms with Crippen LogP contribution in [0.3, 0.4) is 0 Å². The van der Waals surface area contributed by atoms with E-state index in [0.717, 1.165) is 32.4 Å². The van der Waals surface area contributed by atoms with Crippen LogP contribution in [0.4, 0.5) is 0 Å². The van der Waals surface area contributed by atoms with Gasteiger partial charge in [-0.3, -0.25) is 0 Å². The van der Waals surface area contributed by atoms with E-state index in [0.29, 0.717) is 12.5 Å². The van der Waals surface area contributed by atoms with Crippen LogP contribution in [0.5, 0.6) is 0 Å². The fourth-order valence-electron chi connectivity index (χ4n) is 1.21. The summed E-state index contributed by atoms with van der Waals surface area (Å²) in [6, 6.07) is 0. The van der Waals surface area contributed by atoms with Crippen molar-refractivity contribution in [3.63, 3.8) is 0 Å². The van der Waals surface area contributed by atoms with Crippen LogP contribution in [0.1, 0.15) is 40.0 Å². The zero-order chi connectivity index (χ0) is 12.4. The average Bonchev–Trinajstić information content (AvgIpc) is 2.21. The maximum absolute atomic E-state index is 11.5. The van der Waals surface area contributed by atoms with E-state index >= 15 is 0 Å². The van der Waals surface area contributed by atoms with Gasteiger partial charge in [0.05, 0.1) is 5.75 Å². The third-order valence-corrected chi connectivity index (χ3v) is 3.59. The van der Waals surface area contributed by atoms with Gasteiger partial charge in [-0.05, 0) is 38.3 Å². The van der Waals surface area contributed by atoms with Crippen LogP contribution in [0.25, 0.3) is 0 Å². The van der Waals surface area contributed by atoms with Crippen molar-refractivity contribution < 1.29 is 8.42 Å². The summed E-state index contributed by atoms with van der Waals surface area (Å²) in [6.45, 7) is 8.57. The summed E-state index contributed by atoms with van der Waals surface area (Å²) >= 11 is 0. The minimum Gasteiger partial charge on any atom is -0.317 e.